The van der Waals surface area contributed by atoms with Gasteiger partial charge < -0.3 is 24.4 Å². The van der Waals surface area contributed by atoms with Crippen LogP contribution in [0.5, 0.6) is 11.5 Å². The van der Waals surface area contributed by atoms with Crippen molar-refractivity contribution < 1.29 is 19.0 Å². The van der Waals surface area contributed by atoms with Crippen molar-refractivity contribution in [3.8, 4) is 11.5 Å². The van der Waals surface area contributed by atoms with E-state index in [9.17, 15) is 4.79 Å². The van der Waals surface area contributed by atoms with E-state index in [4.69, 9.17) is 14.2 Å². The van der Waals surface area contributed by atoms with Crippen LogP contribution in [0.3, 0.4) is 0 Å². The van der Waals surface area contributed by atoms with Crippen molar-refractivity contribution >= 4 is 22.2 Å². The van der Waals surface area contributed by atoms with Gasteiger partial charge >= 0.3 is 0 Å². The lowest BCUT2D eigenvalue weighted by molar-refractivity contribution is 0.0955. The molecule has 0 spiro atoms. The van der Waals surface area contributed by atoms with Crippen molar-refractivity contribution in [3.63, 3.8) is 0 Å². The highest BCUT2D eigenvalue weighted by atomic mass is 32.1. The zero-order chi connectivity index (χ0) is 17.6. The van der Waals surface area contributed by atoms with Crippen LogP contribution in [0.1, 0.15) is 15.2 Å². The predicted molar refractivity (Wildman–Crippen MR) is 98.1 cm³/mol. The molecule has 7 heteroatoms. The first-order valence-electron chi connectivity index (χ1n) is 8.13. The first-order valence-corrected chi connectivity index (χ1v) is 8.94. The molecule has 25 heavy (non-hydrogen) atoms. The van der Waals surface area contributed by atoms with Crippen molar-refractivity contribution in [2.75, 3.05) is 45.4 Å². The Morgan fingerprint density at radius 2 is 1.92 bits per heavy atom. The molecule has 1 aromatic carbocycles. The number of methoxy groups -OCH3 is 2. The Morgan fingerprint density at radius 3 is 2.64 bits per heavy atom. The molecule has 1 aromatic heterocycles. The molecule has 0 unspecified atom stereocenters. The van der Waals surface area contributed by atoms with E-state index in [2.05, 4.69) is 10.2 Å². The molecule has 2 aromatic rings. The van der Waals surface area contributed by atoms with Crippen molar-refractivity contribution in [1.29, 1.82) is 0 Å². The predicted octanol–water partition coefficient (Wildman–Crippen LogP) is 2.53. The normalized spacial score (nSPS) is 14.2. The van der Waals surface area contributed by atoms with E-state index in [1.54, 1.807) is 14.2 Å². The number of rotatable bonds is 6. The number of morpholine rings is 1. The summed E-state index contributed by atoms with van der Waals surface area (Å²) in [5.74, 6) is 1.25. The third-order valence-corrected chi connectivity index (χ3v) is 5.18. The lowest BCUT2D eigenvalue weighted by atomic mass is 10.2. The average Bonchev–Trinajstić information content (AvgIpc) is 3.17. The van der Waals surface area contributed by atoms with E-state index in [1.807, 2.05) is 30.3 Å². The van der Waals surface area contributed by atoms with Crippen LogP contribution < -0.4 is 19.7 Å². The third-order valence-electron chi connectivity index (χ3n) is 4.04. The maximum Gasteiger partial charge on any atom is 0.261 e. The van der Waals surface area contributed by atoms with Crippen LogP contribution in [0.2, 0.25) is 0 Å². The Labute approximate surface area is 151 Å². The summed E-state index contributed by atoms with van der Waals surface area (Å²) in [5, 5.41) is 4.06. The van der Waals surface area contributed by atoms with Crippen LogP contribution in [0.25, 0.3) is 0 Å². The molecule has 6 nitrogen and oxygen atoms in total. The molecule has 0 radical (unpaired) electrons. The summed E-state index contributed by atoms with van der Waals surface area (Å²) < 4.78 is 15.9. The quantitative estimate of drug-likeness (QED) is 0.856. The zero-order valence-corrected chi connectivity index (χ0v) is 15.2. The molecule has 0 atom stereocenters. The third kappa shape index (κ3) is 4.24. The molecule has 134 valence electrons. The molecule has 1 amide bonds. The van der Waals surface area contributed by atoms with Crippen LogP contribution in [0, 0.1) is 0 Å². The first kappa shape index (κ1) is 17.6. The zero-order valence-electron chi connectivity index (χ0n) is 14.4. The average molecular weight is 362 g/mol. The fourth-order valence-corrected chi connectivity index (χ4v) is 3.64. The monoisotopic (exact) mass is 362 g/mol. The minimum atomic E-state index is -0.0701. The Bertz CT molecular complexity index is 726. The molecule has 0 aliphatic carbocycles. The summed E-state index contributed by atoms with van der Waals surface area (Å²) in [4.78, 5) is 15.4. The molecule has 0 saturated carbocycles. The number of hydrogen-bond acceptors (Lipinski definition) is 6. The number of hydrogen-bond donors (Lipinski definition) is 1. The van der Waals surface area contributed by atoms with Gasteiger partial charge in [-0.2, -0.15) is 0 Å². The largest absolute Gasteiger partial charge is 0.493 e. The first-order chi connectivity index (χ1) is 12.2. The van der Waals surface area contributed by atoms with E-state index in [0.29, 0.717) is 22.9 Å². The fourth-order valence-electron chi connectivity index (χ4n) is 2.66. The van der Waals surface area contributed by atoms with Crippen molar-refractivity contribution in [1.82, 2.24) is 5.32 Å². The Hall–Kier alpha value is -2.25. The van der Waals surface area contributed by atoms with Gasteiger partial charge in [0.15, 0.2) is 11.5 Å². The van der Waals surface area contributed by atoms with Crippen LogP contribution in [0.4, 0.5) is 5.00 Å². The van der Waals surface area contributed by atoms with Crippen LogP contribution >= 0.6 is 11.3 Å². The fraction of sp³-hybridized carbons (Fsp3) is 0.389. The van der Waals surface area contributed by atoms with E-state index in [1.165, 1.54) is 11.3 Å². The number of nitrogens with zero attached hydrogens (tertiary/aromatic N) is 1. The smallest absolute Gasteiger partial charge is 0.261 e. The highest BCUT2D eigenvalue weighted by molar-refractivity contribution is 7.18. The minimum absolute atomic E-state index is 0.0701. The number of amides is 1. The summed E-state index contributed by atoms with van der Waals surface area (Å²) in [6.07, 6.45) is 0. The molecule has 2 heterocycles. The van der Waals surface area contributed by atoms with Gasteiger partial charge in [0.1, 0.15) is 0 Å². The second kappa shape index (κ2) is 8.22. The minimum Gasteiger partial charge on any atom is -0.493 e. The summed E-state index contributed by atoms with van der Waals surface area (Å²) in [6.45, 7) is 3.64. The molecule has 3 rings (SSSR count). The van der Waals surface area contributed by atoms with Crippen molar-refractivity contribution in [2.45, 2.75) is 6.54 Å². The maximum atomic E-state index is 12.4. The van der Waals surface area contributed by atoms with Gasteiger partial charge in [0, 0.05) is 19.6 Å². The van der Waals surface area contributed by atoms with Gasteiger partial charge in [-0.15, -0.1) is 11.3 Å². The topological polar surface area (TPSA) is 60.0 Å². The summed E-state index contributed by atoms with van der Waals surface area (Å²) in [7, 11) is 3.20. The number of nitrogens with one attached hydrogen (secondary N) is 1. The SMILES string of the molecule is COc1ccc(CNC(=O)c2ccc(N3CCOCC3)s2)cc1OC. The number of carbonyl (C=O) groups is 1. The molecule has 1 N–H and O–H groups in total. The number of anilines is 1. The van der Waals surface area contributed by atoms with Crippen LogP contribution in [-0.2, 0) is 11.3 Å². The molecular formula is C18H22N2O4S. The summed E-state index contributed by atoms with van der Waals surface area (Å²) >= 11 is 1.51. The molecular weight excluding hydrogens is 340 g/mol. The molecule has 1 fully saturated rings. The second-order valence-electron chi connectivity index (χ2n) is 5.61. The molecule has 1 aliphatic rings. The van der Waals surface area contributed by atoms with Crippen LogP contribution in [-0.4, -0.2) is 46.4 Å². The van der Waals surface area contributed by atoms with Gasteiger partial charge in [0.25, 0.3) is 5.91 Å². The molecule has 1 aliphatic heterocycles. The van der Waals surface area contributed by atoms with Crippen LogP contribution in [0.15, 0.2) is 30.3 Å². The molecule has 0 bridgehead atoms. The highest BCUT2D eigenvalue weighted by Crippen LogP contribution is 2.28. The number of benzene rings is 1. The number of ether oxygens (including phenoxy) is 3. The van der Waals surface area contributed by atoms with Crippen molar-refractivity contribution in [3.05, 3.63) is 40.8 Å². The van der Waals surface area contributed by atoms with Gasteiger partial charge in [-0.3, -0.25) is 4.79 Å². The summed E-state index contributed by atoms with van der Waals surface area (Å²) in [5.41, 5.74) is 0.955. The van der Waals surface area contributed by atoms with E-state index in [-0.39, 0.29) is 5.91 Å². The van der Waals surface area contributed by atoms with Crippen molar-refractivity contribution in [2.24, 2.45) is 0 Å². The van der Waals surface area contributed by atoms with Gasteiger partial charge in [0.2, 0.25) is 0 Å². The van der Waals surface area contributed by atoms with Gasteiger partial charge in [-0.25, -0.2) is 0 Å². The Kier molecular flexibility index (Phi) is 5.78. The maximum absolute atomic E-state index is 12.4. The standard InChI is InChI=1S/C18H22N2O4S/c1-22-14-4-3-13(11-15(14)23-2)12-19-18(21)16-5-6-17(25-16)20-7-9-24-10-8-20/h3-6,11H,7-10,12H2,1-2H3,(H,19,21). The van der Waals surface area contributed by atoms with E-state index in [0.717, 1.165) is 36.9 Å². The van der Waals surface area contributed by atoms with E-state index >= 15 is 0 Å². The summed E-state index contributed by atoms with van der Waals surface area (Å²) in [6, 6.07) is 9.49. The van der Waals surface area contributed by atoms with Gasteiger partial charge in [0.05, 0.1) is 37.3 Å². The Balaban J connectivity index is 1.60. The Morgan fingerprint density at radius 1 is 1.16 bits per heavy atom. The molecule has 1 saturated heterocycles. The van der Waals surface area contributed by atoms with Gasteiger partial charge in [-0.05, 0) is 29.8 Å². The highest BCUT2D eigenvalue weighted by Gasteiger charge is 2.16. The number of thiophene rings is 1. The van der Waals surface area contributed by atoms with E-state index < -0.39 is 0 Å². The lowest BCUT2D eigenvalue weighted by Crippen LogP contribution is -2.35. The number of carbonyl (C=O) groups excluding carboxylic acids is 1. The second-order valence-corrected chi connectivity index (χ2v) is 6.67. The lowest BCUT2D eigenvalue weighted by Gasteiger charge is -2.27. The van der Waals surface area contributed by atoms with Gasteiger partial charge in [-0.1, -0.05) is 6.07 Å².